The molecule has 1 aromatic rings. The highest BCUT2D eigenvalue weighted by Crippen LogP contribution is 2.20. The standard InChI is InChI=1S/C16H23NO/c1-2-7-15(8-3-1)9-6-12-17-13-14-18-16-10-4-5-11-16/h1-3,6-9,16-17H,4-5,10-14H2. The number of ether oxygens (including phenoxy) is 1. The predicted octanol–water partition coefficient (Wildman–Crippen LogP) is 3.25. The summed E-state index contributed by atoms with van der Waals surface area (Å²) in [6.45, 7) is 2.68. The Morgan fingerprint density at radius 2 is 1.94 bits per heavy atom. The van der Waals surface area contributed by atoms with Gasteiger partial charge in [-0.2, -0.15) is 0 Å². The maximum absolute atomic E-state index is 5.78. The van der Waals surface area contributed by atoms with Gasteiger partial charge in [-0.1, -0.05) is 55.3 Å². The van der Waals surface area contributed by atoms with Crippen LogP contribution in [-0.4, -0.2) is 25.8 Å². The average molecular weight is 245 g/mol. The van der Waals surface area contributed by atoms with E-state index in [1.54, 1.807) is 0 Å². The van der Waals surface area contributed by atoms with E-state index in [9.17, 15) is 0 Å². The number of rotatable bonds is 7. The Morgan fingerprint density at radius 1 is 1.17 bits per heavy atom. The Balaban J connectivity index is 1.49. The molecule has 0 amide bonds. The summed E-state index contributed by atoms with van der Waals surface area (Å²) in [6, 6.07) is 10.4. The van der Waals surface area contributed by atoms with E-state index in [1.165, 1.54) is 31.2 Å². The highest BCUT2D eigenvalue weighted by atomic mass is 16.5. The molecule has 1 fully saturated rings. The van der Waals surface area contributed by atoms with Crippen molar-refractivity contribution < 1.29 is 4.74 Å². The first-order valence-corrected chi connectivity index (χ1v) is 6.99. The van der Waals surface area contributed by atoms with E-state index in [1.807, 2.05) is 6.07 Å². The lowest BCUT2D eigenvalue weighted by Crippen LogP contribution is -2.22. The lowest BCUT2D eigenvalue weighted by Gasteiger charge is -2.10. The van der Waals surface area contributed by atoms with Gasteiger partial charge in [0.1, 0.15) is 0 Å². The molecule has 1 N–H and O–H groups in total. The Kier molecular flexibility index (Phi) is 5.97. The SMILES string of the molecule is C(=Cc1ccccc1)CNCCOC1CCCC1. The van der Waals surface area contributed by atoms with Crippen molar-refractivity contribution in [1.29, 1.82) is 0 Å². The fourth-order valence-corrected chi connectivity index (χ4v) is 2.30. The highest BCUT2D eigenvalue weighted by molar-refractivity contribution is 5.48. The third kappa shape index (κ3) is 5.03. The van der Waals surface area contributed by atoms with Crippen LogP contribution in [0.15, 0.2) is 36.4 Å². The molecule has 1 aliphatic rings. The molecular weight excluding hydrogens is 222 g/mol. The zero-order valence-electron chi connectivity index (χ0n) is 11.0. The van der Waals surface area contributed by atoms with Gasteiger partial charge in [-0.05, 0) is 18.4 Å². The van der Waals surface area contributed by atoms with Crippen LogP contribution in [0.1, 0.15) is 31.2 Å². The molecule has 0 atom stereocenters. The maximum atomic E-state index is 5.78. The number of benzene rings is 1. The van der Waals surface area contributed by atoms with Gasteiger partial charge in [-0.25, -0.2) is 0 Å². The second-order valence-electron chi connectivity index (χ2n) is 4.79. The van der Waals surface area contributed by atoms with Gasteiger partial charge in [-0.3, -0.25) is 0 Å². The van der Waals surface area contributed by atoms with E-state index in [0.29, 0.717) is 6.10 Å². The molecule has 2 heteroatoms. The van der Waals surface area contributed by atoms with Crippen LogP contribution in [0.4, 0.5) is 0 Å². The van der Waals surface area contributed by atoms with Crippen LogP contribution in [-0.2, 0) is 4.74 Å². The van der Waals surface area contributed by atoms with Crippen LogP contribution in [0, 0.1) is 0 Å². The average Bonchev–Trinajstić information content (AvgIpc) is 2.92. The zero-order chi connectivity index (χ0) is 12.5. The molecular formula is C16H23NO. The van der Waals surface area contributed by atoms with Gasteiger partial charge >= 0.3 is 0 Å². The van der Waals surface area contributed by atoms with Crippen molar-refractivity contribution in [2.45, 2.75) is 31.8 Å². The van der Waals surface area contributed by atoms with Crippen LogP contribution >= 0.6 is 0 Å². The minimum atomic E-state index is 0.534. The lowest BCUT2D eigenvalue weighted by atomic mass is 10.2. The zero-order valence-corrected chi connectivity index (χ0v) is 11.0. The third-order valence-corrected chi connectivity index (χ3v) is 3.31. The maximum Gasteiger partial charge on any atom is 0.0594 e. The summed E-state index contributed by atoms with van der Waals surface area (Å²) in [6.07, 6.45) is 10.0. The van der Waals surface area contributed by atoms with Gasteiger partial charge in [0.15, 0.2) is 0 Å². The number of nitrogens with one attached hydrogen (secondary N) is 1. The molecule has 1 aromatic carbocycles. The van der Waals surface area contributed by atoms with Crippen LogP contribution in [0.25, 0.3) is 6.08 Å². The molecule has 0 bridgehead atoms. The molecule has 0 radical (unpaired) electrons. The summed E-state index contributed by atoms with van der Waals surface area (Å²) in [5.74, 6) is 0. The molecule has 0 heterocycles. The molecule has 2 nitrogen and oxygen atoms in total. The largest absolute Gasteiger partial charge is 0.377 e. The van der Waals surface area contributed by atoms with Crippen molar-refractivity contribution in [3.05, 3.63) is 42.0 Å². The lowest BCUT2D eigenvalue weighted by molar-refractivity contribution is 0.0608. The molecule has 2 rings (SSSR count). The Hall–Kier alpha value is -1.12. The van der Waals surface area contributed by atoms with E-state index in [4.69, 9.17) is 4.74 Å². The molecule has 1 saturated carbocycles. The van der Waals surface area contributed by atoms with Crippen LogP contribution in [0.5, 0.6) is 0 Å². The van der Waals surface area contributed by atoms with Crippen LogP contribution in [0.3, 0.4) is 0 Å². The minimum Gasteiger partial charge on any atom is -0.377 e. The topological polar surface area (TPSA) is 21.3 Å². The predicted molar refractivity (Wildman–Crippen MR) is 76.6 cm³/mol. The molecule has 1 aliphatic carbocycles. The van der Waals surface area contributed by atoms with Gasteiger partial charge < -0.3 is 10.1 Å². The Labute approximate surface area is 110 Å². The summed E-state index contributed by atoms with van der Waals surface area (Å²) >= 11 is 0. The minimum absolute atomic E-state index is 0.534. The first kappa shape index (κ1) is 13.3. The monoisotopic (exact) mass is 245 g/mol. The number of hydrogen-bond donors (Lipinski definition) is 1. The first-order valence-electron chi connectivity index (χ1n) is 6.99. The van der Waals surface area contributed by atoms with Gasteiger partial charge in [0.05, 0.1) is 12.7 Å². The van der Waals surface area contributed by atoms with E-state index in [-0.39, 0.29) is 0 Å². The van der Waals surface area contributed by atoms with Crippen molar-refractivity contribution in [1.82, 2.24) is 5.32 Å². The summed E-state index contributed by atoms with van der Waals surface area (Å²) < 4.78 is 5.78. The third-order valence-electron chi connectivity index (χ3n) is 3.31. The van der Waals surface area contributed by atoms with Crippen molar-refractivity contribution in [2.75, 3.05) is 19.7 Å². The summed E-state index contributed by atoms with van der Waals surface area (Å²) in [7, 11) is 0. The molecule has 18 heavy (non-hydrogen) atoms. The van der Waals surface area contributed by atoms with Crippen molar-refractivity contribution >= 4 is 6.08 Å². The first-order chi connectivity index (χ1) is 8.95. The van der Waals surface area contributed by atoms with E-state index < -0.39 is 0 Å². The molecule has 0 aliphatic heterocycles. The summed E-state index contributed by atoms with van der Waals surface area (Å²) in [5, 5.41) is 3.37. The number of hydrogen-bond acceptors (Lipinski definition) is 2. The second kappa shape index (κ2) is 8.06. The van der Waals surface area contributed by atoms with Crippen molar-refractivity contribution in [2.24, 2.45) is 0 Å². The molecule has 98 valence electrons. The molecule has 0 saturated heterocycles. The van der Waals surface area contributed by atoms with Crippen LogP contribution < -0.4 is 5.32 Å². The van der Waals surface area contributed by atoms with Gasteiger partial charge in [0.25, 0.3) is 0 Å². The van der Waals surface area contributed by atoms with Crippen molar-refractivity contribution in [3.8, 4) is 0 Å². The van der Waals surface area contributed by atoms with Crippen LogP contribution in [0.2, 0.25) is 0 Å². The fourth-order valence-electron chi connectivity index (χ4n) is 2.30. The Bertz CT molecular complexity index is 341. The van der Waals surface area contributed by atoms with E-state index in [0.717, 1.165) is 19.7 Å². The highest BCUT2D eigenvalue weighted by Gasteiger charge is 2.14. The molecule has 0 unspecified atom stereocenters. The fraction of sp³-hybridized carbons (Fsp3) is 0.500. The van der Waals surface area contributed by atoms with E-state index >= 15 is 0 Å². The quantitative estimate of drug-likeness (QED) is 0.745. The van der Waals surface area contributed by atoms with Crippen molar-refractivity contribution in [3.63, 3.8) is 0 Å². The van der Waals surface area contributed by atoms with Gasteiger partial charge in [-0.15, -0.1) is 0 Å². The second-order valence-corrected chi connectivity index (χ2v) is 4.79. The Morgan fingerprint density at radius 3 is 2.72 bits per heavy atom. The van der Waals surface area contributed by atoms with Gasteiger partial charge in [0.2, 0.25) is 0 Å². The normalized spacial score (nSPS) is 16.7. The molecule has 0 spiro atoms. The molecule has 0 aromatic heterocycles. The van der Waals surface area contributed by atoms with E-state index in [2.05, 4.69) is 41.7 Å². The smallest absolute Gasteiger partial charge is 0.0594 e. The summed E-state index contributed by atoms with van der Waals surface area (Å²) in [5.41, 5.74) is 1.25. The van der Waals surface area contributed by atoms with Gasteiger partial charge in [0, 0.05) is 13.1 Å². The summed E-state index contributed by atoms with van der Waals surface area (Å²) in [4.78, 5) is 0.